The van der Waals surface area contributed by atoms with Gasteiger partial charge in [-0.2, -0.15) is 0 Å². The van der Waals surface area contributed by atoms with Gasteiger partial charge in [-0.1, -0.05) is 25.1 Å². The molecule has 6 nitrogen and oxygen atoms in total. The summed E-state index contributed by atoms with van der Waals surface area (Å²) in [6, 6.07) is 9.48. The number of benzene rings is 1. The summed E-state index contributed by atoms with van der Waals surface area (Å²) in [4.78, 5) is 26.1. The Morgan fingerprint density at radius 2 is 1.95 bits per heavy atom. The Bertz CT molecular complexity index is 858. The molecule has 0 amide bonds. The van der Waals surface area contributed by atoms with Crippen LogP contribution in [0.25, 0.3) is 16.7 Å². The van der Waals surface area contributed by atoms with E-state index in [-0.39, 0.29) is 0 Å². The molecule has 1 N–H and O–H groups in total. The molecule has 2 aromatic heterocycles. The number of hydrogen-bond donors (Lipinski definition) is 1. The molecule has 3 aromatic rings. The minimum atomic E-state index is -0.414. The number of aryl methyl sites for hydroxylation is 1. The van der Waals surface area contributed by atoms with Crippen molar-refractivity contribution in [1.82, 2.24) is 19.3 Å². The summed E-state index contributed by atoms with van der Waals surface area (Å²) in [5, 5.41) is 4.80. The Hall–Kier alpha value is -2.63. The van der Waals surface area contributed by atoms with Gasteiger partial charge in [0.05, 0.1) is 5.69 Å². The molecule has 0 saturated heterocycles. The quantitative estimate of drug-likeness (QED) is 0.779. The van der Waals surface area contributed by atoms with Crippen LogP contribution in [0, 0.1) is 0 Å². The Kier molecular flexibility index (Phi) is 2.98. The molecule has 0 radical (unpaired) electrons. The molecule has 0 fully saturated rings. The highest BCUT2D eigenvalue weighted by Gasteiger charge is 2.12. The van der Waals surface area contributed by atoms with Crippen molar-refractivity contribution in [1.29, 1.82) is 0 Å². The van der Waals surface area contributed by atoms with Gasteiger partial charge in [0.1, 0.15) is 5.39 Å². The van der Waals surface area contributed by atoms with Crippen molar-refractivity contribution in [3.05, 3.63) is 57.4 Å². The maximum atomic E-state index is 11.9. The Balaban J connectivity index is 2.30. The molecule has 0 unspecified atom stereocenters. The second-order valence-corrected chi connectivity index (χ2v) is 4.56. The van der Waals surface area contributed by atoms with E-state index in [1.807, 2.05) is 37.3 Å². The molecule has 0 saturated carbocycles. The largest absolute Gasteiger partial charge is 0.330 e. The highest BCUT2D eigenvalue weighted by Crippen LogP contribution is 2.11. The summed E-state index contributed by atoms with van der Waals surface area (Å²) in [7, 11) is 0. The van der Waals surface area contributed by atoms with Crippen LogP contribution in [0.15, 0.2) is 46.1 Å². The minimum absolute atomic E-state index is 0.403. The number of nitrogens with one attached hydrogen (secondary N) is 1. The Labute approximate surface area is 114 Å². The van der Waals surface area contributed by atoms with Crippen molar-refractivity contribution in [2.24, 2.45) is 0 Å². The molecule has 6 heteroatoms. The fourth-order valence-corrected chi connectivity index (χ4v) is 2.20. The van der Waals surface area contributed by atoms with Gasteiger partial charge in [-0.05, 0) is 18.6 Å². The third kappa shape index (κ3) is 1.95. The molecule has 1 aromatic carbocycles. The average Bonchev–Trinajstić information content (AvgIpc) is 2.90. The van der Waals surface area contributed by atoms with Crippen LogP contribution < -0.4 is 11.2 Å². The molecule has 0 bridgehead atoms. The highest BCUT2D eigenvalue weighted by molar-refractivity contribution is 5.73. The molecule has 2 heterocycles. The number of aromatic amines is 1. The molecule has 0 aliphatic rings. The SMILES string of the molecule is CCCn1c(=O)[nH]c(=O)c2cn(-c3ccccc3)nc21. The zero-order valence-electron chi connectivity index (χ0n) is 11.0. The smallest absolute Gasteiger partial charge is 0.276 e. The van der Waals surface area contributed by atoms with Crippen LogP contribution in [0.4, 0.5) is 0 Å². The lowest BCUT2D eigenvalue weighted by Gasteiger charge is -2.02. The molecule has 3 rings (SSSR count). The van der Waals surface area contributed by atoms with Gasteiger partial charge < -0.3 is 0 Å². The van der Waals surface area contributed by atoms with E-state index in [0.717, 1.165) is 12.1 Å². The molecule has 0 aliphatic carbocycles. The molecular formula is C14H14N4O2. The lowest BCUT2D eigenvalue weighted by Crippen LogP contribution is -2.30. The van der Waals surface area contributed by atoms with E-state index in [1.165, 1.54) is 4.57 Å². The first-order valence-electron chi connectivity index (χ1n) is 6.48. The van der Waals surface area contributed by atoms with E-state index >= 15 is 0 Å². The molecule has 0 aliphatic heterocycles. The lowest BCUT2D eigenvalue weighted by molar-refractivity contribution is 0.648. The fourth-order valence-electron chi connectivity index (χ4n) is 2.20. The summed E-state index contributed by atoms with van der Waals surface area (Å²) in [5.41, 5.74) is 0.449. The van der Waals surface area contributed by atoms with Crippen LogP contribution in [0.5, 0.6) is 0 Å². The van der Waals surface area contributed by atoms with E-state index < -0.39 is 11.2 Å². The van der Waals surface area contributed by atoms with Crippen LogP contribution in [0.3, 0.4) is 0 Å². The fraction of sp³-hybridized carbons (Fsp3) is 0.214. The van der Waals surface area contributed by atoms with Crippen LogP contribution in [0.2, 0.25) is 0 Å². The normalized spacial score (nSPS) is 11.1. The van der Waals surface area contributed by atoms with Gasteiger partial charge in [0.2, 0.25) is 0 Å². The topological polar surface area (TPSA) is 72.7 Å². The molecule has 0 spiro atoms. The number of para-hydroxylation sites is 1. The maximum Gasteiger partial charge on any atom is 0.330 e. The first kappa shape index (κ1) is 12.4. The molecular weight excluding hydrogens is 256 g/mol. The van der Waals surface area contributed by atoms with Gasteiger partial charge in [-0.15, -0.1) is 5.10 Å². The summed E-state index contributed by atoms with van der Waals surface area (Å²) in [6.45, 7) is 2.50. The van der Waals surface area contributed by atoms with Crippen molar-refractivity contribution in [3.8, 4) is 5.69 Å². The van der Waals surface area contributed by atoms with E-state index in [9.17, 15) is 9.59 Å². The third-order valence-corrected chi connectivity index (χ3v) is 3.13. The highest BCUT2D eigenvalue weighted by atomic mass is 16.2. The van der Waals surface area contributed by atoms with E-state index in [1.54, 1.807) is 10.9 Å². The summed E-state index contributed by atoms with van der Waals surface area (Å²) in [5.74, 6) is 0. The van der Waals surface area contributed by atoms with E-state index in [4.69, 9.17) is 0 Å². The first-order chi connectivity index (χ1) is 9.70. The summed E-state index contributed by atoms with van der Waals surface area (Å²) in [6.07, 6.45) is 2.44. The number of aromatic nitrogens is 4. The number of hydrogen-bond acceptors (Lipinski definition) is 3. The van der Waals surface area contributed by atoms with Gasteiger partial charge in [0, 0.05) is 12.7 Å². The van der Waals surface area contributed by atoms with Crippen molar-refractivity contribution in [3.63, 3.8) is 0 Å². The average molecular weight is 270 g/mol. The van der Waals surface area contributed by atoms with Crippen molar-refractivity contribution >= 4 is 11.0 Å². The van der Waals surface area contributed by atoms with Crippen molar-refractivity contribution < 1.29 is 0 Å². The second-order valence-electron chi connectivity index (χ2n) is 4.56. The number of H-pyrrole nitrogens is 1. The van der Waals surface area contributed by atoms with E-state index in [2.05, 4.69) is 10.1 Å². The van der Waals surface area contributed by atoms with Crippen LogP contribution in [-0.4, -0.2) is 19.3 Å². The van der Waals surface area contributed by atoms with Crippen LogP contribution in [-0.2, 0) is 6.54 Å². The van der Waals surface area contributed by atoms with Gasteiger partial charge >= 0.3 is 5.69 Å². The van der Waals surface area contributed by atoms with E-state index in [0.29, 0.717) is 17.6 Å². The summed E-state index contributed by atoms with van der Waals surface area (Å²) >= 11 is 0. The zero-order valence-corrected chi connectivity index (χ0v) is 11.0. The number of rotatable bonds is 3. The van der Waals surface area contributed by atoms with Gasteiger partial charge in [-0.25, -0.2) is 9.48 Å². The van der Waals surface area contributed by atoms with Gasteiger partial charge in [0.15, 0.2) is 5.65 Å². The standard InChI is InChI=1S/C14H14N4O2/c1-2-8-17-12-11(13(19)15-14(17)20)9-18(16-12)10-6-4-3-5-7-10/h3-7,9H,2,8H2,1H3,(H,15,19,20). The third-order valence-electron chi connectivity index (χ3n) is 3.13. The monoisotopic (exact) mass is 270 g/mol. The Morgan fingerprint density at radius 1 is 1.20 bits per heavy atom. The molecule has 20 heavy (non-hydrogen) atoms. The first-order valence-corrected chi connectivity index (χ1v) is 6.48. The minimum Gasteiger partial charge on any atom is -0.276 e. The molecule has 0 atom stereocenters. The lowest BCUT2D eigenvalue weighted by atomic mass is 10.3. The van der Waals surface area contributed by atoms with Crippen LogP contribution in [0.1, 0.15) is 13.3 Å². The Morgan fingerprint density at radius 3 is 2.65 bits per heavy atom. The van der Waals surface area contributed by atoms with Crippen molar-refractivity contribution in [2.45, 2.75) is 19.9 Å². The molecule has 102 valence electrons. The van der Waals surface area contributed by atoms with Gasteiger partial charge in [0.25, 0.3) is 5.56 Å². The van der Waals surface area contributed by atoms with Gasteiger partial charge in [-0.3, -0.25) is 14.3 Å². The second kappa shape index (κ2) is 4.80. The van der Waals surface area contributed by atoms with Crippen LogP contribution >= 0.6 is 0 Å². The predicted molar refractivity (Wildman–Crippen MR) is 76.2 cm³/mol. The number of fused-ring (bicyclic) bond motifs is 1. The van der Waals surface area contributed by atoms with Crippen molar-refractivity contribution in [2.75, 3.05) is 0 Å². The zero-order chi connectivity index (χ0) is 14.1. The maximum absolute atomic E-state index is 11.9. The summed E-state index contributed by atoms with van der Waals surface area (Å²) < 4.78 is 3.11. The predicted octanol–water partition coefficient (Wildman–Crippen LogP) is 1.29. The number of nitrogens with zero attached hydrogens (tertiary/aromatic N) is 3.